The number of piperazine rings is 1. The van der Waals surface area contributed by atoms with Gasteiger partial charge in [0.15, 0.2) is 0 Å². The Bertz CT molecular complexity index is 873. The molecule has 0 bridgehead atoms. The highest BCUT2D eigenvalue weighted by atomic mass is 16.6. The minimum Gasteiger partial charge on any atom is -0.441 e. The van der Waals surface area contributed by atoms with Gasteiger partial charge in [0.25, 0.3) is 0 Å². The summed E-state index contributed by atoms with van der Waals surface area (Å²) in [5.74, 6) is 6.51. The van der Waals surface area contributed by atoms with Crippen molar-refractivity contribution in [2.24, 2.45) is 0 Å². The number of carbonyl (C=O) groups is 1. The summed E-state index contributed by atoms with van der Waals surface area (Å²) in [5.41, 5.74) is 4.03. The summed E-state index contributed by atoms with van der Waals surface area (Å²) in [7, 11) is 2.07. The number of benzene rings is 2. The van der Waals surface area contributed by atoms with Crippen molar-refractivity contribution in [3.63, 3.8) is 0 Å². The molecule has 1 atom stereocenters. The minimum absolute atomic E-state index is 0.232. The molecule has 0 radical (unpaired) electrons. The summed E-state index contributed by atoms with van der Waals surface area (Å²) < 4.78 is 5.99. The first-order valence-corrected chi connectivity index (χ1v) is 9.03. The molecular weight excluding hydrogens is 324 g/mol. The van der Waals surface area contributed by atoms with Gasteiger partial charge in [0.2, 0.25) is 0 Å². The van der Waals surface area contributed by atoms with Gasteiger partial charge in [-0.2, -0.15) is 0 Å². The second kappa shape index (κ2) is 7.23. The Morgan fingerprint density at radius 1 is 0.962 bits per heavy atom. The summed E-state index contributed by atoms with van der Waals surface area (Å²) in [6, 6.07) is 16.0. The molecule has 1 aliphatic heterocycles. The van der Waals surface area contributed by atoms with Crippen LogP contribution in [-0.2, 0) is 11.2 Å². The van der Waals surface area contributed by atoms with Crippen LogP contribution in [0, 0.1) is 11.8 Å². The summed E-state index contributed by atoms with van der Waals surface area (Å²) in [6.07, 6.45) is 0.0828. The number of likely N-dealkylation sites (N-methyl/N-ethyl adjacent to an activating group) is 1. The third kappa shape index (κ3) is 3.44. The van der Waals surface area contributed by atoms with Gasteiger partial charge < -0.3 is 14.5 Å². The van der Waals surface area contributed by atoms with Crippen LogP contribution in [0.2, 0.25) is 0 Å². The molecule has 2 aliphatic rings. The number of hydrogen-bond acceptors (Lipinski definition) is 3. The topological polar surface area (TPSA) is 32.8 Å². The smallest absolute Gasteiger partial charge is 0.410 e. The second-order valence-corrected chi connectivity index (χ2v) is 6.86. The molecule has 0 spiro atoms. The Morgan fingerprint density at radius 2 is 1.62 bits per heavy atom. The molecule has 0 aromatic heterocycles. The standard InChI is InChI=1S/C22H22N2O2/c1-23-12-14-24(15-13-23)22(25)26-21-16-19-8-3-2-6-17(19)10-11-18-7-4-5-9-20(18)21/h2-9,21H,12-16H2,1H3. The van der Waals surface area contributed by atoms with E-state index >= 15 is 0 Å². The number of amides is 1. The van der Waals surface area contributed by atoms with Gasteiger partial charge in [-0.05, 0) is 24.7 Å². The van der Waals surface area contributed by atoms with Crippen molar-refractivity contribution in [2.75, 3.05) is 33.2 Å². The highest BCUT2D eigenvalue weighted by Gasteiger charge is 2.26. The lowest BCUT2D eigenvalue weighted by Crippen LogP contribution is -2.47. The molecule has 1 fully saturated rings. The van der Waals surface area contributed by atoms with E-state index < -0.39 is 0 Å². The number of ether oxygens (including phenoxy) is 1. The normalized spacial score (nSPS) is 19.3. The van der Waals surface area contributed by atoms with Crippen LogP contribution in [0.15, 0.2) is 48.5 Å². The molecule has 4 heteroatoms. The Labute approximate surface area is 154 Å². The number of fused-ring (bicyclic) bond motifs is 2. The van der Waals surface area contributed by atoms with E-state index in [1.807, 2.05) is 42.5 Å². The van der Waals surface area contributed by atoms with Gasteiger partial charge in [-0.15, -0.1) is 0 Å². The van der Waals surface area contributed by atoms with Crippen molar-refractivity contribution in [2.45, 2.75) is 12.5 Å². The van der Waals surface area contributed by atoms with E-state index in [2.05, 4.69) is 29.9 Å². The van der Waals surface area contributed by atoms with Crippen molar-refractivity contribution >= 4 is 6.09 Å². The van der Waals surface area contributed by atoms with Crippen molar-refractivity contribution in [1.82, 2.24) is 9.80 Å². The maximum Gasteiger partial charge on any atom is 0.410 e. The van der Waals surface area contributed by atoms with Crippen LogP contribution in [0.4, 0.5) is 4.79 Å². The van der Waals surface area contributed by atoms with Crippen molar-refractivity contribution < 1.29 is 9.53 Å². The molecular formula is C22H22N2O2. The van der Waals surface area contributed by atoms with Crippen molar-refractivity contribution in [3.05, 3.63) is 70.8 Å². The first-order chi connectivity index (χ1) is 12.7. The quantitative estimate of drug-likeness (QED) is 0.744. The van der Waals surface area contributed by atoms with Gasteiger partial charge in [0.05, 0.1) is 0 Å². The van der Waals surface area contributed by atoms with Gasteiger partial charge in [-0.25, -0.2) is 4.79 Å². The molecule has 1 aliphatic carbocycles. The third-order valence-electron chi connectivity index (χ3n) is 5.07. The first kappa shape index (κ1) is 16.7. The molecule has 26 heavy (non-hydrogen) atoms. The molecule has 1 unspecified atom stereocenters. The Balaban J connectivity index is 1.63. The van der Waals surface area contributed by atoms with Crippen LogP contribution in [0.25, 0.3) is 0 Å². The monoisotopic (exact) mass is 346 g/mol. The van der Waals surface area contributed by atoms with E-state index in [1.165, 1.54) is 0 Å². The maximum atomic E-state index is 12.7. The fourth-order valence-electron chi connectivity index (χ4n) is 3.45. The van der Waals surface area contributed by atoms with Crippen molar-refractivity contribution in [1.29, 1.82) is 0 Å². The van der Waals surface area contributed by atoms with Gasteiger partial charge in [-0.3, -0.25) is 0 Å². The Morgan fingerprint density at radius 3 is 2.42 bits per heavy atom. The van der Waals surface area contributed by atoms with Gasteiger partial charge in [0, 0.05) is 49.3 Å². The lowest BCUT2D eigenvalue weighted by Gasteiger charge is -2.33. The zero-order valence-corrected chi connectivity index (χ0v) is 14.9. The first-order valence-electron chi connectivity index (χ1n) is 9.03. The zero-order chi connectivity index (χ0) is 17.9. The van der Waals surface area contributed by atoms with E-state index in [9.17, 15) is 4.79 Å². The third-order valence-corrected chi connectivity index (χ3v) is 5.07. The Kier molecular flexibility index (Phi) is 4.64. The predicted octanol–water partition coefficient (Wildman–Crippen LogP) is 3.07. The van der Waals surface area contributed by atoms with Gasteiger partial charge in [0.1, 0.15) is 6.10 Å². The highest BCUT2D eigenvalue weighted by Crippen LogP contribution is 2.29. The lowest BCUT2D eigenvalue weighted by molar-refractivity contribution is 0.0487. The van der Waals surface area contributed by atoms with Gasteiger partial charge >= 0.3 is 6.09 Å². The zero-order valence-electron chi connectivity index (χ0n) is 14.9. The summed E-state index contributed by atoms with van der Waals surface area (Å²) in [5, 5.41) is 0. The fraction of sp³-hybridized carbons (Fsp3) is 0.318. The van der Waals surface area contributed by atoms with Crippen LogP contribution >= 0.6 is 0 Å². The van der Waals surface area contributed by atoms with E-state index in [1.54, 1.807) is 4.90 Å². The van der Waals surface area contributed by atoms with Crippen LogP contribution in [0.5, 0.6) is 0 Å². The fourth-order valence-corrected chi connectivity index (χ4v) is 3.45. The summed E-state index contributed by atoms with van der Waals surface area (Å²) >= 11 is 0. The SMILES string of the molecule is CN1CCN(C(=O)OC2Cc3ccccc3C#Cc3ccccc32)CC1. The molecule has 2 aromatic rings. The van der Waals surface area contributed by atoms with E-state index in [0.29, 0.717) is 19.5 Å². The minimum atomic E-state index is -0.325. The van der Waals surface area contributed by atoms with Crippen molar-refractivity contribution in [3.8, 4) is 11.8 Å². The summed E-state index contributed by atoms with van der Waals surface area (Å²) in [4.78, 5) is 16.8. The molecule has 2 aromatic carbocycles. The van der Waals surface area contributed by atoms with E-state index in [0.717, 1.165) is 35.3 Å². The molecule has 1 heterocycles. The van der Waals surface area contributed by atoms with Crippen LogP contribution in [0.3, 0.4) is 0 Å². The average molecular weight is 346 g/mol. The molecule has 1 amide bonds. The van der Waals surface area contributed by atoms with E-state index in [4.69, 9.17) is 4.74 Å². The van der Waals surface area contributed by atoms with Gasteiger partial charge in [-0.1, -0.05) is 48.2 Å². The largest absolute Gasteiger partial charge is 0.441 e. The number of nitrogens with zero attached hydrogens (tertiary/aromatic N) is 2. The van der Waals surface area contributed by atoms with Crippen LogP contribution in [-0.4, -0.2) is 49.1 Å². The predicted molar refractivity (Wildman–Crippen MR) is 101 cm³/mol. The molecule has 1 saturated heterocycles. The number of rotatable bonds is 1. The van der Waals surface area contributed by atoms with E-state index in [-0.39, 0.29) is 12.2 Å². The second-order valence-electron chi connectivity index (χ2n) is 6.86. The highest BCUT2D eigenvalue weighted by molar-refractivity contribution is 5.68. The molecule has 0 saturated carbocycles. The average Bonchev–Trinajstić information content (AvgIpc) is 2.66. The van der Waals surface area contributed by atoms with Crippen LogP contribution < -0.4 is 0 Å². The molecule has 4 nitrogen and oxygen atoms in total. The molecule has 132 valence electrons. The lowest BCUT2D eigenvalue weighted by atomic mass is 9.92. The molecule has 0 N–H and O–H groups in total. The molecule has 4 rings (SSSR count). The van der Waals surface area contributed by atoms with Crippen LogP contribution in [0.1, 0.15) is 28.4 Å². The maximum absolute atomic E-state index is 12.7. The number of carbonyl (C=O) groups excluding carboxylic acids is 1. The number of hydrogen-bond donors (Lipinski definition) is 0. The Hall–Kier alpha value is -2.77. The summed E-state index contributed by atoms with van der Waals surface area (Å²) in [6.45, 7) is 3.18.